The van der Waals surface area contributed by atoms with Crippen molar-refractivity contribution in [3.63, 3.8) is 0 Å². The maximum Gasteiger partial charge on any atom is 0.243 e. The van der Waals surface area contributed by atoms with Crippen LogP contribution in [-0.4, -0.2) is 18.6 Å². The molecule has 0 heterocycles. The molecule has 0 spiro atoms. The van der Waals surface area contributed by atoms with Gasteiger partial charge in [-0.2, -0.15) is 0 Å². The molecule has 0 saturated heterocycles. The summed E-state index contributed by atoms with van der Waals surface area (Å²) in [6.45, 7) is 2.34. The lowest BCUT2D eigenvalue weighted by atomic mass is 9.89. The molecule has 0 atom stereocenters. The van der Waals surface area contributed by atoms with Gasteiger partial charge in [-0.15, -0.1) is 0 Å². The lowest BCUT2D eigenvalue weighted by Gasteiger charge is -2.25. The van der Waals surface area contributed by atoms with Crippen molar-refractivity contribution in [2.45, 2.75) is 38.7 Å². The zero-order valence-electron chi connectivity index (χ0n) is 7.58. The van der Waals surface area contributed by atoms with Gasteiger partial charge in [0, 0.05) is 0 Å². The summed E-state index contributed by atoms with van der Waals surface area (Å²) in [6, 6.07) is 0. The molecular formula is C9H17NO2. The number of hydrogen-bond acceptors (Lipinski definition) is 2. The van der Waals surface area contributed by atoms with Crippen molar-refractivity contribution < 1.29 is 9.53 Å². The summed E-state index contributed by atoms with van der Waals surface area (Å²) in [5.74, 6) is 0.451. The van der Waals surface area contributed by atoms with E-state index in [-0.39, 0.29) is 18.6 Å². The Morgan fingerprint density at radius 1 is 1.42 bits per heavy atom. The lowest BCUT2D eigenvalue weighted by molar-refractivity contribution is -0.125. The molecule has 0 bridgehead atoms. The molecule has 0 aromatic carbocycles. The molecule has 1 saturated carbocycles. The fourth-order valence-corrected chi connectivity index (χ4v) is 1.60. The van der Waals surface area contributed by atoms with Crippen molar-refractivity contribution in [3.05, 3.63) is 0 Å². The standard InChI is InChI=1S/C9H17NO2/c1-7-2-4-8(5-3-7)12-6-9(10)11/h7-8H,2-6H2,1H3,(H2,10,11)/t7-,8+. The summed E-state index contributed by atoms with van der Waals surface area (Å²) in [5.41, 5.74) is 4.97. The van der Waals surface area contributed by atoms with E-state index in [4.69, 9.17) is 10.5 Å². The number of ether oxygens (including phenoxy) is 1. The van der Waals surface area contributed by atoms with E-state index >= 15 is 0 Å². The second-order valence-corrected chi connectivity index (χ2v) is 3.66. The molecule has 1 rings (SSSR count). The molecule has 0 aromatic heterocycles. The number of hydrogen-bond donors (Lipinski definition) is 1. The van der Waals surface area contributed by atoms with Crippen LogP contribution in [0.3, 0.4) is 0 Å². The van der Waals surface area contributed by atoms with E-state index in [9.17, 15) is 4.79 Å². The number of rotatable bonds is 3. The Balaban J connectivity index is 2.13. The molecule has 1 amide bonds. The third-order valence-electron chi connectivity index (χ3n) is 2.42. The zero-order valence-corrected chi connectivity index (χ0v) is 7.58. The maximum atomic E-state index is 10.4. The highest BCUT2D eigenvalue weighted by molar-refractivity contribution is 5.74. The van der Waals surface area contributed by atoms with Crippen molar-refractivity contribution in [1.29, 1.82) is 0 Å². The molecule has 0 aromatic rings. The topological polar surface area (TPSA) is 52.3 Å². The van der Waals surface area contributed by atoms with Crippen LogP contribution in [0.15, 0.2) is 0 Å². The first kappa shape index (κ1) is 9.52. The van der Waals surface area contributed by atoms with E-state index in [2.05, 4.69) is 6.92 Å². The molecule has 12 heavy (non-hydrogen) atoms. The van der Waals surface area contributed by atoms with Gasteiger partial charge in [-0.25, -0.2) is 0 Å². The van der Waals surface area contributed by atoms with Crippen LogP contribution in [0.1, 0.15) is 32.6 Å². The zero-order chi connectivity index (χ0) is 8.97. The predicted molar refractivity (Wildman–Crippen MR) is 46.6 cm³/mol. The van der Waals surface area contributed by atoms with Gasteiger partial charge < -0.3 is 10.5 Å². The Morgan fingerprint density at radius 2 is 2.00 bits per heavy atom. The van der Waals surface area contributed by atoms with Gasteiger partial charge in [-0.3, -0.25) is 4.79 Å². The van der Waals surface area contributed by atoms with E-state index in [0.717, 1.165) is 18.8 Å². The van der Waals surface area contributed by atoms with E-state index in [0.29, 0.717) is 0 Å². The van der Waals surface area contributed by atoms with E-state index in [1.54, 1.807) is 0 Å². The molecule has 0 unspecified atom stereocenters. The molecular weight excluding hydrogens is 154 g/mol. The summed E-state index contributed by atoms with van der Waals surface area (Å²) in [4.78, 5) is 10.4. The van der Waals surface area contributed by atoms with Crippen molar-refractivity contribution in [2.75, 3.05) is 6.61 Å². The Kier molecular flexibility index (Phi) is 3.53. The Morgan fingerprint density at radius 3 is 2.50 bits per heavy atom. The highest BCUT2D eigenvalue weighted by Crippen LogP contribution is 2.25. The second-order valence-electron chi connectivity index (χ2n) is 3.66. The molecule has 1 aliphatic rings. The van der Waals surface area contributed by atoms with E-state index in [1.807, 2.05) is 0 Å². The molecule has 0 aliphatic heterocycles. The smallest absolute Gasteiger partial charge is 0.243 e. The molecule has 70 valence electrons. The van der Waals surface area contributed by atoms with Crippen LogP contribution in [0.2, 0.25) is 0 Å². The van der Waals surface area contributed by atoms with Crippen molar-refractivity contribution in [1.82, 2.24) is 0 Å². The van der Waals surface area contributed by atoms with E-state index in [1.165, 1.54) is 12.8 Å². The van der Waals surface area contributed by atoms with Crippen molar-refractivity contribution in [2.24, 2.45) is 11.7 Å². The summed E-state index contributed by atoms with van der Waals surface area (Å²) in [7, 11) is 0. The highest BCUT2D eigenvalue weighted by atomic mass is 16.5. The average molecular weight is 171 g/mol. The van der Waals surface area contributed by atoms with Crippen LogP contribution in [0.5, 0.6) is 0 Å². The van der Waals surface area contributed by atoms with Crippen LogP contribution in [0.25, 0.3) is 0 Å². The molecule has 1 fully saturated rings. The van der Waals surface area contributed by atoms with Crippen LogP contribution in [-0.2, 0) is 9.53 Å². The van der Waals surface area contributed by atoms with Crippen LogP contribution >= 0.6 is 0 Å². The minimum absolute atomic E-state index is 0.0824. The molecule has 1 aliphatic carbocycles. The normalized spacial score (nSPS) is 30.1. The maximum absolute atomic E-state index is 10.4. The van der Waals surface area contributed by atoms with Gasteiger partial charge in [0.2, 0.25) is 5.91 Å². The second kappa shape index (κ2) is 4.45. The van der Waals surface area contributed by atoms with Gasteiger partial charge in [0.15, 0.2) is 0 Å². The van der Waals surface area contributed by atoms with Gasteiger partial charge in [0.25, 0.3) is 0 Å². The van der Waals surface area contributed by atoms with Crippen LogP contribution in [0, 0.1) is 5.92 Å². The predicted octanol–water partition coefficient (Wildman–Crippen LogP) is 1.07. The summed E-state index contributed by atoms with van der Waals surface area (Å²) < 4.78 is 5.32. The lowest BCUT2D eigenvalue weighted by Crippen LogP contribution is -2.26. The molecule has 3 heteroatoms. The Hall–Kier alpha value is -0.570. The number of nitrogens with two attached hydrogens (primary N) is 1. The van der Waals surface area contributed by atoms with Crippen molar-refractivity contribution in [3.8, 4) is 0 Å². The third kappa shape index (κ3) is 3.22. The SMILES string of the molecule is C[C@H]1CC[C@@H](OCC(N)=O)CC1. The number of primary amides is 1. The number of amides is 1. The fraction of sp³-hybridized carbons (Fsp3) is 0.889. The third-order valence-corrected chi connectivity index (χ3v) is 2.42. The van der Waals surface area contributed by atoms with Crippen LogP contribution in [0.4, 0.5) is 0 Å². The van der Waals surface area contributed by atoms with Gasteiger partial charge in [-0.05, 0) is 31.6 Å². The monoisotopic (exact) mass is 171 g/mol. The molecule has 0 radical (unpaired) electrons. The highest BCUT2D eigenvalue weighted by Gasteiger charge is 2.18. The van der Waals surface area contributed by atoms with Gasteiger partial charge in [0.1, 0.15) is 6.61 Å². The van der Waals surface area contributed by atoms with Crippen LogP contribution < -0.4 is 5.73 Å². The first-order valence-corrected chi connectivity index (χ1v) is 4.58. The Bertz CT molecular complexity index is 151. The minimum atomic E-state index is -0.367. The quantitative estimate of drug-likeness (QED) is 0.690. The minimum Gasteiger partial charge on any atom is -0.368 e. The first-order valence-electron chi connectivity index (χ1n) is 4.58. The summed E-state index contributed by atoms with van der Waals surface area (Å²) in [5, 5.41) is 0. The summed E-state index contributed by atoms with van der Waals surface area (Å²) in [6.07, 6.45) is 4.85. The van der Waals surface area contributed by atoms with Gasteiger partial charge in [-0.1, -0.05) is 6.92 Å². The molecule has 2 N–H and O–H groups in total. The van der Waals surface area contributed by atoms with Gasteiger partial charge >= 0.3 is 0 Å². The van der Waals surface area contributed by atoms with Crippen molar-refractivity contribution >= 4 is 5.91 Å². The Labute approximate surface area is 73.3 Å². The molecule has 3 nitrogen and oxygen atoms in total. The number of carbonyl (C=O) groups excluding carboxylic acids is 1. The fourth-order valence-electron chi connectivity index (χ4n) is 1.60. The largest absolute Gasteiger partial charge is 0.368 e. The van der Waals surface area contributed by atoms with E-state index < -0.39 is 0 Å². The number of carbonyl (C=O) groups is 1. The summed E-state index contributed by atoms with van der Waals surface area (Å²) >= 11 is 0. The first-order chi connectivity index (χ1) is 5.68. The van der Waals surface area contributed by atoms with Gasteiger partial charge in [0.05, 0.1) is 6.10 Å². The average Bonchev–Trinajstić information content (AvgIpc) is 2.03.